The first kappa shape index (κ1) is 11.7. The minimum absolute atomic E-state index is 0.369. The lowest BCUT2D eigenvalue weighted by Gasteiger charge is -2.02. The van der Waals surface area contributed by atoms with E-state index in [1.54, 1.807) is 13.0 Å². The van der Waals surface area contributed by atoms with Crippen molar-refractivity contribution in [1.82, 2.24) is 0 Å². The molecule has 1 aromatic carbocycles. The molecule has 1 rings (SSSR count). The Morgan fingerprint density at radius 3 is 2.62 bits per heavy atom. The zero-order valence-electron chi connectivity index (χ0n) is 8.60. The lowest BCUT2D eigenvalue weighted by atomic mass is 10.00. The van der Waals surface area contributed by atoms with Gasteiger partial charge in [0.15, 0.2) is 6.29 Å². The zero-order chi connectivity index (χ0) is 12.1. The maximum atomic E-state index is 10.8. The molecule has 0 aromatic heterocycles. The first-order chi connectivity index (χ1) is 7.58. The number of nitrogens with zero attached hydrogens (tertiary/aromatic N) is 1. The number of nitriles is 1. The van der Waals surface area contributed by atoms with Crippen LogP contribution in [-0.2, 0) is 4.79 Å². The first-order valence-electron chi connectivity index (χ1n) is 4.49. The number of hydrogen-bond acceptors (Lipinski definition) is 3. The Hall–Kier alpha value is -2.41. The van der Waals surface area contributed by atoms with Gasteiger partial charge in [0.25, 0.3) is 0 Å². The maximum Gasteiger partial charge on any atom is 0.328 e. The van der Waals surface area contributed by atoms with Crippen molar-refractivity contribution in [1.29, 1.82) is 5.26 Å². The molecule has 0 bridgehead atoms. The van der Waals surface area contributed by atoms with Crippen LogP contribution >= 0.6 is 0 Å². The van der Waals surface area contributed by atoms with Crippen LogP contribution in [0.1, 0.15) is 27.0 Å². The van der Waals surface area contributed by atoms with E-state index in [-0.39, 0.29) is 0 Å². The fraction of sp³-hybridized carbons (Fsp3) is 0.0833. The van der Waals surface area contributed by atoms with Crippen LogP contribution in [0.25, 0.3) is 6.08 Å². The largest absolute Gasteiger partial charge is 0.478 e. The minimum Gasteiger partial charge on any atom is -0.478 e. The predicted octanol–water partition coefficient (Wildman–Crippen LogP) is 1.78. The Morgan fingerprint density at radius 2 is 2.12 bits per heavy atom. The lowest BCUT2D eigenvalue weighted by Crippen LogP contribution is -1.93. The highest BCUT2D eigenvalue weighted by molar-refractivity contribution is 5.89. The van der Waals surface area contributed by atoms with Gasteiger partial charge in [0.1, 0.15) is 0 Å². The molecule has 4 nitrogen and oxygen atoms in total. The number of carboxylic acids is 1. The second-order valence-electron chi connectivity index (χ2n) is 3.20. The summed E-state index contributed by atoms with van der Waals surface area (Å²) in [5.41, 5.74) is 1.92. The van der Waals surface area contributed by atoms with Gasteiger partial charge in [-0.1, -0.05) is 0 Å². The van der Waals surface area contributed by atoms with Crippen LogP contribution in [0.3, 0.4) is 0 Å². The van der Waals surface area contributed by atoms with E-state index in [4.69, 9.17) is 10.4 Å². The third-order valence-electron chi connectivity index (χ3n) is 2.08. The van der Waals surface area contributed by atoms with Gasteiger partial charge in [-0.25, -0.2) is 4.79 Å². The number of aliphatic carboxylic acids is 1. The smallest absolute Gasteiger partial charge is 0.328 e. The molecule has 0 heterocycles. The fourth-order valence-electron chi connectivity index (χ4n) is 1.27. The van der Waals surface area contributed by atoms with Gasteiger partial charge < -0.3 is 5.11 Å². The summed E-state index contributed by atoms with van der Waals surface area (Å²) >= 11 is 0. The molecule has 0 spiro atoms. The Morgan fingerprint density at radius 1 is 1.44 bits per heavy atom. The van der Waals surface area contributed by atoms with Crippen molar-refractivity contribution in [3.63, 3.8) is 0 Å². The van der Waals surface area contributed by atoms with E-state index in [1.165, 1.54) is 12.1 Å². The normalized spacial score (nSPS) is 10.0. The van der Waals surface area contributed by atoms with Gasteiger partial charge in [0.2, 0.25) is 0 Å². The van der Waals surface area contributed by atoms with Crippen LogP contribution in [0, 0.1) is 18.3 Å². The molecule has 0 saturated carbocycles. The van der Waals surface area contributed by atoms with Gasteiger partial charge in [0.05, 0.1) is 11.6 Å². The summed E-state index contributed by atoms with van der Waals surface area (Å²) in [7, 11) is 0. The summed E-state index contributed by atoms with van der Waals surface area (Å²) in [6, 6.07) is 5.04. The molecule has 16 heavy (non-hydrogen) atoms. The zero-order valence-corrected chi connectivity index (χ0v) is 8.60. The van der Waals surface area contributed by atoms with Crippen LogP contribution in [0.5, 0.6) is 0 Å². The quantitative estimate of drug-likeness (QED) is 0.615. The van der Waals surface area contributed by atoms with Crippen molar-refractivity contribution in [3.05, 3.63) is 40.5 Å². The Labute approximate surface area is 92.4 Å². The lowest BCUT2D eigenvalue weighted by molar-refractivity contribution is -0.131. The number of carbonyl (C=O) groups is 2. The number of rotatable bonds is 3. The molecule has 0 aliphatic rings. The van der Waals surface area contributed by atoms with E-state index in [0.29, 0.717) is 28.5 Å². The third-order valence-corrected chi connectivity index (χ3v) is 2.08. The third kappa shape index (κ3) is 2.55. The van der Waals surface area contributed by atoms with Crippen LogP contribution in [0.15, 0.2) is 18.2 Å². The molecule has 0 aliphatic carbocycles. The number of carboxylic acid groups (broad SMARTS) is 1. The van der Waals surface area contributed by atoms with Gasteiger partial charge in [-0.3, -0.25) is 4.79 Å². The molecule has 80 valence electrons. The molecule has 1 N–H and O–H groups in total. The predicted molar refractivity (Wildman–Crippen MR) is 58.0 cm³/mol. The van der Waals surface area contributed by atoms with Gasteiger partial charge >= 0.3 is 5.97 Å². The second kappa shape index (κ2) is 4.89. The van der Waals surface area contributed by atoms with Crippen LogP contribution in [0.2, 0.25) is 0 Å². The molecule has 0 unspecified atom stereocenters. The Balaban J connectivity index is 3.31. The van der Waals surface area contributed by atoms with Crippen molar-refractivity contribution in [2.45, 2.75) is 6.92 Å². The second-order valence-corrected chi connectivity index (χ2v) is 3.20. The summed E-state index contributed by atoms with van der Waals surface area (Å²) in [4.78, 5) is 21.1. The molecule has 0 atom stereocenters. The van der Waals surface area contributed by atoms with Gasteiger partial charge in [-0.15, -0.1) is 0 Å². The van der Waals surface area contributed by atoms with Crippen molar-refractivity contribution in [2.24, 2.45) is 0 Å². The topological polar surface area (TPSA) is 78.2 Å². The van der Waals surface area contributed by atoms with E-state index >= 15 is 0 Å². The van der Waals surface area contributed by atoms with Crippen LogP contribution < -0.4 is 0 Å². The SMILES string of the molecule is Cc1cc(C=O)c(/C=C/C(=O)O)cc1C#N. The average molecular weight is 215 g/mol. The first-order valence-corrected chi connectivity index (χ1v) is 4.49. The molecule has 0 radical (unpaired) electrons. The monoisotopic (exact) mass is 215 g/mol. The standard InChI is InChI=1S/C12H9NO3/c1-8-4-11(7-14)9(2-3-12(15)16)5-10(8)6-13/h2-5,7H,1H3,(H,15,16)/b3-2+. The maximum absolute atomic E-state index is 10.8. The molecule has 4 heteroatoms. The number of aldehydes is 1. The van der Waals surface area contributed by atoms with Gasteiger partial charge in [-0.2, -0.15) is 5.26 Å². The molecule has 0 amide bonds. The molecular weight excluding hydrogens is 206 g/mol. The minimum atomic E-state index is -1.10. The summed E-state index contributed by atoms with van der Waals surface area (Å²) in [5.74, 6) is -1.10. The Bertz CT molecular complexity index is 510. The van der Waals surface area contributed by atoms with E-state index in [2.05, 4.69) is 0 Å². The van der Waals surface area contributed by atoms with E-state index in [0.717, 1.165) is 6.08 Å². The van der Waals surface area contributed by atoms with Gasteiger partial charge in [-0.05, 0) is 36.3 Å². The van der Waals surface area contributed by atoms with Crippen LogP contribution in [-0.4, -0.2) is 17.4 Å². The van der Waals surface area contributed by atoms with Crippen molar-refractivity contribution < 1.29 is 14.7 Å². The van der Waals surface area contributed by atoms with Crippen molar-refractivity contribution >= 4 is 18.3 Å². The summed E-state index contributed by atoms with van der Waals surface area (Å²) < 4.78 is 0. The Kier molecular flexibility index (Phi) is 3.57. The van der Waals surface area contributed by atoms with Crippen LogP contribution in [0.4, 0.5) is 0 Å². The summed E-state index contributed by atoms with van der Waals surface area (Å²) in [5, 5.41) is 17.3. The molecule has 0 aliphatic heterocycles. The highest BCUT2D eigenvalue weighted by Crippen LogP contribution is 2.16. The van der Waals surface area contributed by atoms with Crippen molar-refractivity contribution in [3.8, 4) is 6.07 Å². The fourth-order valence-corrected chi connectivity index (χ4v) is 1.27. The number of hydrogen-bond donors (Lipinski definition) is 1. The van der Waals surface area contributed by atoms with E-state index in [9.17, 15) is 9.59 Å². The highest BCUT2D eigenvalue weighted by atomic mass is 16.4. The molecule has 0 saturated heterocycles. The number of aryl methyl sites for hydroxylation is 1. The van der Waals surface area contributed by atoms with Gasteiger partial charge in [0, 0.05) is 11.6 Å². The molecular formula is C12H9NO3. The molecule has 0 fully saturated rings. The average Bonchev–Trinajstić information content (AvgIpc) is 2.26. The summed E-state index contributed by atoms with van der Waals surface area (Å²) in [6.45, 7) is 1.72. The number of benzene rings is 1. The van der Waals surface area contributed by atoms with E-state index in [1.807, 2.05) is 6.07 Å². The van der Waals surface area contributed by atoms with E-state index < -0.39 is 5.97 Å². The number of carbonyl (C=O) groups excluding carboxylic acids is 1. The summed E-state index contributed by atoms with van der Waals surface area (Å²) in [6.07, 6.45) is 2.86. The molecule has 1 aromatic rings. The highest BCUT2D eigenvalue weighted by Gasteiger charge is 2.04. The van der Waals surface area contributed by atoms with Crippen molar-refractivity contribution in [2.75, 3.05) is 0 Å².